The fourth-order valence-corrected chi connectivity index (χ4v) is 1.53. The molecule has 0 spiro atoms. The van der Waals surface area contributed by atoms with Crippen LogP contribution in [0.3, 0.4) is 0 Å². The van der Waals surface area contributed by atoms with Gasteiger partial charge in [0.2, 0.25) is 0 Å². The molecular formula is C8H16N2OS. The number of nitrogens with zero attached hydrogens (tertiary/aromatic N) is 1. The minimum absolute atomic E-state index is 0.149. The first-order chi connectivity index (χ1) is 5.59. The van der Waals surface area contributed by atoms with E-state index in [0.29, 0.717) is 4.99 Å². The van der Waals surface area contributed by atoms with E-state index in [1.165, 1.54) is 0 Å². The molecule has 0 aromatic carbocycles. The lowest BCUT2D eigenvalue weighted by Gasteiger charge is -2.19. The van der Waals surface area contributed by atoms with Gasteiger partial charge in [0, 0.05) is 25.6 Å². The first kappa shape index (κ1) is 9.89. The summed E-state index contributed by atoms with van der Waals surface area (Å²) >= 11 is 4.87. The Morgan fingerprint density at radius 1 is 1.83 bits per heavy atom. The SMILES string of the molecule is CC(CN1CCC(O)C1)C(N)=S. The summed E-state index contributed by atoms with van der Waals surface area (Å²) in [6.45, 7) is 4.64. The molecule has 1 fully saturated rings. The highest BCUT2D eigenvalue weighted by Crippen LogP contribution is 2.10. The van der Waals surface area contributed by atoms with Crippen LogP contribution in [0.5, 0.6) is 0 Å². The third-order valence-electron chi connectivity index (χ3n) is 2.27. The molecule has 2 atom stereocenters. The predicted molar refractivity (Wildman–Crippen MR) is 53.0 cm³/mol. The highest BCUT2D eigenvalue weighted by atomic mass is 32.1. The van der Waals surface area contributed by atoms with E-state index in [1.807, 2.05) is 6.92 Å². The van der Waals surface area contributed by atoms with Crippen LogP contribution in [0, 0.1) is 5.92 Å². The Bertz CT molecular complexity index is 174. The molecule has 0 amide bonds. The maximum atomic E-state index is 9.25. The summed E-state index contributed by atoms with van der Waals surface area (Å²) in [5.74, 6) is 0.255. The Labute approximate surface area is 78.5 Å². The number of hydrogen-bond donors (Lipinski definition) is 2. The van der Waals surface area contributed by atoms with Crippen molar-refractivity contribution in [3.8, 4) is 0 Å². The Morgan fingerprint density at radius 3 is 2.92 bits per heavy atom. The van der Waals surface area contributed by atoms with Crippen LogP contribution in [-0.2, 0) is 0 Å². The van der Waals surface area contributed by atoms with Crippen molar-refractivity contribution >= 4 is 17.2 Å². The standard InChI is InChI=1S/C8H16N2OS/c1-6(8(9)12)4-10-3-2-7(11)5-10/h6-7,11H,2-5H2,1H3,(H2,9,12). The zero-order chi connectivity index (χ0) is 9.14. The van der Waals surface area contributed by atoms with Crippen molar-refractivity contribution in [1.82, 2.24) is 4.90 Å². The Hall–Kier alpha value is -0.190. The molecule has 12 heavy (non-hydrogen) atoms. The zero-order valence-corrected chi connectivity index (χ0v) is 8.18. The van der Waals surface area contributed by atoms with E-state index in [9.17, 15) is 5.11 Å². The summed E-state index contributed by atoms with van der Waals surface area (Å²) in [5, 5.41) is 9.25. The lowest BCUT2D eigenvalue weighted by atomic mass is 10.2. The number of rotatable bonds is 3. The highest BCUT2D eigenvalue weighted by molar-refractivity contribution is 7.80. The van der Waals surface area contributed by atoms with Gasteiger partial charge >= 0.3 is 0 Å². The molecule has 0 aromatic heterocycles. The topological polar surface area (TPSA) is 49.5 Å². The van der Waals surface area contributed by atoms with Crippen molar-refractivity contribution in [1.29, 1.82) is 0 Å². The third kappa shape index (κ3) is 2.69. The normalized spacial score (nSPS) is 27.3. The molecule has 3 nitrogen and oxygen atoms in total. The summed E-state index contributed by atoms with van der Waals surface area (Å²) in [6, 6.07) is 0. The van der Waals surface area contributed by atoms with Crippen LogP contribution in [0.25, 0.3) is 0 Å². The summed E-state index contributed by atoms with van der Waals surface area (Å²) in [5.41, 5.74) is 5.49. The average Bonchev–Trinajstić information content (AvgIpc) is 2.35. The van der Waals surface area contributed by atoms with Gasteiger partial charge in [-0.3, -0.25) is 4.90 Å². The van der Waals surface area contributed by atoms with Gasteiger partial charge in [-0.25, -0.2) is 0 Å². The number of aliphatic hydroxyl groups is 1. The molecule has 0 saturated carbocycles. The van der Waals surface area contributed by atoms with Gasteiger partial charge in [0.15, 0.2) is 0 Å². The fourth-order valence-electron chi connectivity index (χ4n) is 1.46. The lowest BCUT2D eigenvalue weighted by molar-refractivity contribution is 0.174. The molecule has 1 aliphatic heterocycles. The van der Waals surface area contributed by atoms with E-state index in [2.05, 4.69) is 4.90 Å². The Balaban J connectivity index is 2.27. The fraction of sp³-hybridized carbons (Fsp3) is 0.875. The van der Waals surface area contributed by atoms with E-state index < -0.39 is 0 Å². The second-order valence-electron chi connectivity index (χ2n) is 3.51. The van der Waals surface area contributed by atoms with Gasteiger partial charge in [-0.15, -0.1) is 0 Å². The molecule has 3 N–H and O–H groups in total. The van der Waals surface area contributed by atoms with Crippen LogP contribution in [0.2, 0.25) is 0 Å². The van der Waals surface area contributed by atoms with Crippen molar-refractivity contribution in [2.45, 2.75) is 19.4 Å². The van der Waals surface area contributed by atoms with Gasteiger partial charge in [-0.2, -0.15) is 0 Å². The van der Waals surface area contributed by atoms with E-state index in [-0.39, 0.29) is 12.0 Å². The number of nitrogens with two attached hydrogens (primary N) is 1. The quantitative estimate of drug-likeness (QED) is 0.611. The molecule has 0 radical (unpaired) electrons. The maximum Gasteiger partial charge on any atom is 0.0768 e. The first-order valence-corrected chi connectivity index (χ1v) is 4.70. The molecule has 1 rings (SSSR count). The first-order valence-electron chi connectivity index (χ1n) is 4.29. The molecule has 70 valence electrons. The second kappa shape index (κ2) is 4.16. The summed E-state index contributed by atoms with van der Waals surface area (Å²) in [4.78, 5) is 2.77. The van der Waals surface area contributed by atoms with E-state index in [0.717, 1.165) is 26.1 Å². The Morgan fingerprint density at radius 2 is 2.50 bits per heavy atom. The molecule has 1 heterocycles. The van der Waals surface area contributed by atoms with Crippen molar-refractivity contribution in [3.63, 3.8) is 0 Å². The molecule has 1 saturated heterocycles. The van der Waals surface area contributed by atoms with Gasteiger partial charge in [0.1, 0.15) is 0 Å². The second-order valence-corrected chi connectivity index (χ2v) is 3.98. The number of thiocarbonyl (C=S) groups is 1. The van der Waals surface area contributed by atoms with E-state index in [1.54, 1.807) is 0 Å². The van der Waals surface area contributed by atoms with Gasteiger partial charge < -0.3 is 10.8 Å². The van der Waals surface area contributed by atoms with Crippen molar-refractivity contribution in [2.24, 2.45) is 11.7 Å². The number of β-amino-alcohol motifs (C(OH)–C–C–N with tert-alkyl or cyclic N) is 1. The molecular weight excluding hydrogens is 172 g/mol. The maximum absolute atomic E-state index is 9.25. The monoisotopic (exact) mass is 188 g/mol. The van der Waals surface area contributed by atoms with Crippen LogP contribution in [0.1, 0.15) is 13.3 Å². The molecule has 0 aliphatic carbocycles. The third-order valence-corrected chi connectivity index (χ3v) is 2.67. The molecule has 1 aliphatic rings. The molecule has 2 unspecified atom stereocenters. The van der Waals surface area contributed by atoms with Crippen LogP contribution >= 0.6 is 12.2 Å². The summed E-state index contributed by atoms with van der Waals surface area (Å²) in [6.07, 6.45) is 0.730. The van der Waals surface area contributed by atoms with Crippen molar-refractivity contribution < 1.29 is 5.11 Å². The van der Waals surface area contributed by atoms with Gasteiger partial charge in [-0.05, 0) is 6.42 Å². The van der Waals surface area contributed by atoms with Crippen LogP contribution in [0.4, 0.5) is 0 Å². The summed E-state index contributed by atoms with van der Waals surface area (Å²) in [7, 11) is 0. The predicted octanol–water partition coefficient (Wildman–Crippen LogP) is -0.0248. The van der Waals surface area contributed by atoms with Gasteiger partial charge in [-0.1, -0.05) is 19.1 Å². The van der Waals surface area contributed by atoms with Crippen LogP contribution < -0.4 is 5.73 Å². The van der Waals surface area contributed by atoms with Crippen molar-refractivity contribution in [3.05, 3.63) is 0 Å². The smallest absolute Gasteiger partial charge is 0.0768 e. The molecule has 0 bridgehead atoms. The highest BCUT2D eigenvalue weighted by Gasteiger charge is 2.21. The van der Waals surface area contributed by atoms with Crippen LogP contribution in [-0.4, -0.2) is 40.7 Å². The molecule has 4 heteroatoms. The average molecular weight is 188 g/mol. The van der Waals surface area contributed by atoms with Gasteiger partial charge in [0.05, 0.1) is 11.1 Å². The largest absolute Gasteiger partial charge is 0.393 e. The number of aliphatic hydroxyl groups excluding tert-OH is 1. The Kier molecular flexibility index (Phi) is 3.43. The zero-order valence-electron chi connectivity index (χ0n) is 7.36. The van der Waals surface area contributed by atoms with Crippen molar-refractivity contribution in [2.75, 3.05) is 19.6 Å². The minimum Gasteiger partial charge on any atom is -0.393 e. The van der Waals surface area contributed by atoms with Crippen LogP contribution in [0.15, 0.2) is 0 Å². The van der Waals surface area contributed by atoms with Gasteiger partial charge in [0.25, 0.3) is 0 Å². The minimum atomic E-state index is -0.149. The van der Waals surface area contributed by atoms with E-state index >= 15 is 0 Å². The number of likely N-dealkylation sites (tertiary alicyclic amines) is 1. The summed E-state index contributed by atoms with van der Waals surface area (Å²) < 4.78 is 0. The lowest BCUT2D eigenvalue weighted by Crippen LogP contribution is -2.33. The molecule has 0 aromatic rings. The number of hydrogen-bond acceptors (Lipinski definition) is 3. The van der Waals surface area contributed by atoms with E-state index in [4.69, 9.17) is 18.0 Å².